The summed E-state index contributed by atoms with van der Waals surface area (Å²) < 4.78 is 13.4. The van der Waals surface area contributed by atoms with E-state index in [1.807, 2.05) is 6.07 Å². The van der Waals surface area contributed by atoms with Crippen LogP contribution in [0.1, 0.15) is 0 Å². The molecule has 0 unspecified atom stereocenters. The van der Waals surface area contributed by atoms with E-state index in [4.69, 9.17) is 0 Å². The first-order chi connectivity index (χ1) is 9.72. The molecule has 3 aromatic heterocycles. The predicted molar refractivity (Wildman–Crippen MR) is 72.8 cm³/mol. The molecule has 0 bridgehead atoms. The van der Waals surface area contributed by atoms with Gasteiger partial charge in [-0.3, -0.25) is 5.10 Å². The maximum atomic E-state index is 13.4. The maximum absolute atomic E-state index is 13.4. The van der Waals surface area contributed by atoms with E-state index in [0.717, 1.165) is 5.39 Å². The number of benzene rings is 1. The van der Waals surface area contributed by atoms with E-state index in [2.05, 4.69) is 20.2 Å². The molecule has 4 aromatic rings. The molecule has 3 N–H and O–H groups in total. The number of rotatable bonds is 1. The van der Waals surface area contributed by atoms with Gasteiger partial charge in [-0.2, -0.15) is 5.10 Å². The third-order valence-corrected chi connectivity index (χ3v) is 3.30. The number of pyridine rings is 1. The zero-order valence-corrected chi connectivity index (χ0v) is 10.2. The average molecular weight is 268 g/mol. The van der Waals surface area contributed by atoms with Crippen molar-refractivity contribution >= 4 is 21.9 Å². The summed E-state index contributed by atoms with van der Waals surface area (Å²) in [5.41, 5.74) is 2.31. The Balaban J connectivity index is 2.05. The van der Waals surface area contributed by atoms with Crippen LogP contribution in [0.4, 0.5) is 4.39 Å². The lowest BCUT2D eigenvalue weighted by atomic mass is 10.1. The number of nitrogens with zero attached hydrogens (tertiary/aromatic N) is 2. The summed E-state index contributed by atoms with van der Waals surface area (Å²) in [6.45, 7) is 0. The average Bonchev–Trinajstić information content (AvgIpc) is 3.00. The minimum Gasteiger partial charge on any atom is -0.494 e. The summed E-state index contributed by atoms with van der Waals surface area (Å²) >= 11 is 0. The second kappa shape index (κ2) is 3.80. The highest BCUT2D eigenvalue weighted by Gasteiger charge is 2.15. The Morgan fingerprint density at radius 2 is 2.05 bits per heavy atom. The van der Waals surface area contributed by atoms with Crippen molar-refractivity contribution in [3.63, 3.8) is 0 Å². The van der Waals surface area contributed by atoms with Crippen LogP contribution in [-0.4, -0.2) is 25.3 Å². The molecular weight excluding hydrogens is 259 g/mol. The fraction of sp³-hybridized carbons (Fsp3) is 0. The molecule has 0 atom stereocenters. The van der Waals surface area contributed by atoms with Crippen LogP contribution in [0.5, 0.6) is 5.88 Å². The quantitative estimate of drug-likeness (QED) is 0.496. The Hall–Kier alpha value is -2.89. The molecule has 3 heterocycles. The van der Waals surface area contributed by atoms with Crippen molar-refractivity contribution in [2.75, 3.05) is 0 Å². The van der Waals surface area contributed by atoms with Gasteiger partial charge < -0.3 is 10.1 Å². The molecule has 20 heavy (non-hydrogen) atoms. The molecule has 0 saturated carbocycles. The zero-order chi connectivity index (χ0) is 13.7. The number of fused-ring (bicyclic) bond motifs is 2. The number of halogens is 1. The smallest absolute Gasteiger partial charge is 0.199 e. The lowest BCUT2D eigenvalue weighted by Gasteiger charge is -2.00. The maximum Gasteiger partial charge on any atom is 0.199 e. The van der Waals surface area contributed by atoms with E-state index in [1.54, 1.807) is 18.3 Å². The lowest BCUT2D eigenvalue weighted by molar-refractivity contribution is 0.460. The SMILES string of the molecule is Oc1[nH]c2ccc(F)cc2c1-c1ccc2cn[nH]c2n1. The third-order valence-electron chi connectivity index (χ3n) is 3.30. The van der Waals surface area contributed by atoms with Gasteiger partial charge in [0.2, 0.25) is 0 Å². The second-order valence-corrected chi connectivity index (χ2v) is 4.54. The van der Waals surface area contributed by atoms with Gasteiger partial charge in [-0.1, -0.05) is 0 Å². The van der Waals surface area contributed by atoms with Crippen molar-refractivity contribution in [1.82, 2.24) is 20.2 Å². The van der Waals surface area contributed by atoms with Crippen LogP contribution >= 0.6 is 0 Å². The van der Waals surface area contributed by atoms with Crippen LogP contribution in [-0.2, 0) is 0 Å². The fourth-order valence-electron chi connectivity index (χ4n) is 2.38. The number of aromatic amines is 2. The Kier molecular flexibility index (Phi) is 2.09. The van der Waals surface area contributed by atoms with E-state index >= 15 is 0 Å². The predicted octanol–water partition coefficient (Wildman–Crippen LogP) is 2.95. The number of hydrogen-bond acceptors (Lipinski definition) is 3. The van der Waals surface area contributed by atoms with Crippen molar-refractivity contribution in [1.29, 1.82) is 0 Å². The molecule has 6 heteroatoms. The first kappa shape index (κ1) is 11.0. The number of hydrogen-bond donors (Lipinski definition) is 3. The minimum absolute atomic E-state index is 0.0306. The fourth-order valence-corrected chi connectivity index (χ4v) is 2.38. The highest BCUT2D eigenvalue weighted by molar-refractivity contribution is 5.98. The summed E-state index contributed by atoms with van der Waals surface area (Å²) in [5.74, 6) is -0.391. The first-order valence-electron chi connectivity index (χ1n) is 6.03. The van der Waals surface area contributed by atoms with Crippen LogP contribution in [0.2, 0.25) is 0 Å². The summed E-state index contributed by atoms with van der Waals surface area (Å²) in [7, 11) is 0. The Labute approximate surface area is 112 Å². The molecular formula is C14H9FN4O. The van der Waals surface area contributed by atoms with Crippen molar-refractivity contribution in [2.45, 2.75) is 0 Å². The van der Waals surface area contributed by atoms with Gasteiger partial charge in [0, 0.05) is 16.3 Å². The van der Waals surface area contributed by atoms with E-state index in [0.29, 0.717) is 27.8 Å². The monoisotopic (exact) mass is 268 g/mol. The third kappa shape index (κ3) is 1.48. The number of H-pyrrole nitrogens is 2. The molecule has 0 fully saturated rings. The Morgan fingerprint density at radius 3 is 2.95 bits per heavy atom. The number of aromatic nitrogens is 4. The lowest BCUT2D eigenvalue weighted by Crippen LogP contribution is -1.84. The van der Waals surface area contributed by atoms with Gasteiger partial charge in [0.25, 0.3) is 0 Å². The van der Waals surface area contributed by atoms with Crippen LogP contribution < -0.4 is 0 Å². The van der Waals surface area contributed by atoms with Crippen LogP contribution in [0.25, 0.3) is 33.2 Å². The van der Waals surface area contributed by atoms with Crippen LogP contribution in [0.15, 0.2) is 36.5 Å². The van der Waals surface area contributed by atoms with Gasteiger partial charge in [-0.05, 0) is 30.3 Å². The zero-order valence-electron chi connectivity index (χ0n) is 10.2. The normalized spacial score (nSPS) is 11.4. The Morgan fingerprint density at radius 1 is 1.15 bits per heavy atom. The minimum atomic E-state index is -0.361. The molecule has 4 rings (SSSR count). The van der Waals surface area contributed by atoms with E-state index in [-0.39, 0.29) is 11.7 Å². The summed E-state index contributed by atoms with van der Waals surface area (Å²) in [4.78, 5) is 7.22. The van der Waals surface area contributed by atoms with E-state index in [9.17, 15) is 9.50 Å². The molecule has 0 amide bonds. The summed E-state index contributed by atoms with van der Waals surface area (Å²) in [5, 5.41) is 18.2. The van der Waals surface area contributed by atoms with Crippen molar-refractivity contribution in [2.24, 2.45) is 0 Å². The summed E-state index contributed by atoms with van der Waals surface area (Å²) in [6, 6.07) is 7.92. The largest absolute Gasteiger partial charge is 0.494 e. The molecule has 0 aliphatic carbocycles. The van der Waals surface area contributed by atoms with Crippen molar-refractivity contribution in [3.05, 3.63) is 42.3 Å². The van der Waals surface area contributed by atoms with Gasteiger partial charge in [-0.25, -0.2) is 9.37 Å². The standard InChI is InChI=1S/C14H9FN4O/c15-8-2-4-10-9(5-8)12(14(20)18-10)11-3-1-7-6-16-19-13(7)17-11/h1-6,18,20H,(H,16,17,19). The highest BCUT2D eigenvalue weighted by atomic mass is 19.1. The molecule has 0 spiro atoms. The molecule has 0 saturated heterocycles. The highest BCUT2D eigenvalue weighted by Crippen LogP contribution is 2.36. The van der Waals surface area contributed by atoms with E-state index < -0.39 is 0 Å². The molecule has 0 radical (unpaired) electrons. The van der Waals surface area contributed by atoms with Gasteiger partial charge in [0.15, 0.2) is 11.5 Å². The van der Waals surface area contributed by atoms with Gasteiger partial charge >= 0.3 is 0 Å². The molecule has 1 aromatic carbocycles. The van der Waals surface area contributed by atoms with Crippen molar-refractivity contribution < 1.29 is 9.50 Å². The van der Waals surface area contributed by atoms with Crippen LogP contribution in [0.3, 0.4) is 0 Å². The van der Waals surface area contributed by atoms with Crippen LogP contribution in [0, 0.1) is 5.82 Å². The molecule has 5 nitrogen and oxygen atoms in total. The van der Waals surface area contributed by atoms with Gasteiger partial charge in [0.05, 0.1) is 17.5 Å². The molecule has 98 valence electrons. The molecule has 0 aliphatic heterocycles. The summed E-state index contributed by atoms with van der Waals surface area (Å²) in [6.07, 6.45) is 1.67. The van der Waals surface area contributed by atoms with Gasteiger partial charge in [0.1, 0.15) is 5.82 Å². The van der Waals surface area contributed by atoms with Gasteiger partial charge in [-0.15, -0.1) is 0 Å². The topological polar surface area (TPSA) is 77.6 Å². The molecule has 0 aliphatic rings. The van der Waals surface area contributed by atoms with Crippen molar-refractivity contribution in [3.8, 4) is 17.1 Å². The first-order valence-corrected chi connectivity index (χ1v) is 6.03. The number of nitrogens with one attached hydrogen (secondary N) is 2. The number of aromatic hydroxyl groups is 1. The van der Waals surface area contributed by atoms with E-state index in [1.165, 1.54) is 12.1 Å². The Bertz CT molecular complexity index is 941. The second-order valence-electron chi connectivity index (χ2n) is 4.54.